The third-order valence-electron chi connectivity index (χ3n) is 7.37. The Morgan fingerprint density at radius 1 is 0.791 bits per heavy atom. The average molecular weight is 565 g/mol. The second-order valence-electron chi connectivity index (χ2n) is 10.1. The van der Waals surface area contributed by atoms with Crippen LogP contribution in [0, 0.1) is 11.3 Å². The molecule has 6 nitrogen and oxygen atoms in total. The summed E-state index contributed by atoms with van der Waals surface area (Å²) in [5.41, 5.74) is 10.9. The van der Waals surface area contributed by atoms with Crippen LogP contribution in [0.2, 0.25) is 0 Å². The lowest BCUT2D eigenvalue weighted by molar-refractivity contribution is -0.135. The number of hydrogen-bond donors (Lipinski definition) is 1. The van der Waals surface area contributed by atoms with Crippen LogP contribution in [0.25, 0.3) is 0 Å². The van der Waals surface area contributed by atoms with E-state index in [0.29, 0.717) is 29.4 Å². The number of esters is 1. The van der Waals surface area contributed by atoms with Crippen LogP contribution in [0.3, 0.4) is 0 Å². The summed E-state index contributed by atoms with van der Waals surface area (Å²) in [6, 6.07) is 44.0. The van der Waals surface area contributed by atoms with Crippen LogP contribution in [0.15, 0.2) is 145 Å². The van der Waals surface area contributed by atoms with Gasteiger partial charge in [0.1, 0.15) is 41.4 Å². The lowest BCUT2D eigenvalue weighted by Gasteiger charge is -2.27. The fraction of sp³-hybridized carbons (Fsp3) is 0.0811. The fourth-order valence-corrected chi connectivity index (χ4v) is 5.27. The molecule has 6 heteroatoms. The predicted octanol–water partition coefficient (Wildman–Crippen LogP) is 7.22. The first-order chi connectivity index (χ1) is 21.1. The first-order valence-corrected chi connectivity index (χ1v) is 13.9. The van der Waals surface area contributed by atoms with E-state index in [1.807, 2.05) is 121 Å². The smallest absolute Gasteiger partial charge is 0.323 e. The molecule has 0 saturated carbocycles. The van der Waals surface area contributed by atoms with E-state index in [1.54, 1.807) is 12.1 Å². The number of hydrogen-bond acceptors (Lipinski definition) is 6. The van der Waals surface area contributed by atoms with Crippen molar-refractivity contribution in [3.8, 4) is 23.3 Å². The van der Waals surface area contributed by atoms with Gasteiger partial charge in [-0.1, -0.05) is 109 Å². The number of nitrogens with two attached hydrogens (primary N) is 1. The zero-order valence-electron chi connectivity index (χ0n) is 23.2. The van der Waals surface area contributed by atoms with Crippen molar-refractivity contribution in [2.45, 2.75) is 18.4 Å². The van der Waals surface area contributed by atoms with Crippen LogP contribution in [0.1, 0.15) is 39.7 Å². The molecule has 0 aliphatic carbocycles. The van der Waals surface area contributed by atoms with E-state index in [9.17, 15) is 10.1 Å². The molecule has 0 saturated heterocycles. The number of ether oxygens (including phenoxy) is 3. The van der Waals surface area contributed by atoms with E-state index >= 15 is 0 Å². The van der Waals surface area contributed by atoms with Gasteiger partial charge in [-0.3, -0.25) is 4.79 Å². The number of benzene rings is 5. The Kier molecular flexibility index (Phi) is 7.88. The van der Waals surface area contributed by atoms with Gasteiger partial charge in [0.2, 0.25) is 5.88 Å². The summed E-state index contributed by atoms with van der Waals surface area (Å²) in [6.07, 6.45) is 0. The molecule has 5 aromatic rings. The highest BCUT2D eigenvalue weighted by Gasteiger charge is 2.32. The van der Waals surface area contributed by atoms with E-state index in [4.69, 9.17) is 19.9 Å². The largest absolute Gasteiger partial charge is 0.489 e. The van der Waals surface area contributed by atoms with Gasteiger partial charge in [0.25, 0.3) is 0 Å². The molecule has 1 aliphatic heterocycles. The highest BCUT2D eigenvalue weighted by Crippen LogP contribution is 2.44. The lowest BCUT2D eigenvalue weighted by Crippen LogP contribution is -2.22. The molecule has 0 fully saturated rings. The number of rotatable bonds is 8. The summed E-state index contributed by atoms with van der Waals surface area (Å²) in [5, 5.41) is 9.97. The predicted molar refractivity (Wildman–Crippen MR) is 163 cm³/mol. The second-order valence-corrected chi connectivity index (χ2v) is 10.1. The van der Waals surface area contributed by atoms with Crippen molar-refractivity contribution in [1.29, 1.82) is 5.26 Å². The molecule has 1 atom stereocenters. The SMILES string of the molecule is N#CC1=C(N)Oc2cc(OC(=O)C(c3ccccc3)c3ccccc3)ccc2C1c1ccc(OCc2ccccc2)cc1. The van der Waals surface area contributed by atoms with E-state index in [2.05, 4.69) is 6.07 Å². The van der Waals surface area contributed by atoms with Crippen LogP contribution in [-0.2, 0) is 11.4 Å². The Bertz CT molecular complexity index is 1760. The van der Waals surface area contributed by atoms with Gasteiger partial charge in [-0.05, 0) is 40.5 Å². The summed E-state index contributed by atoms with van der Waals surface area (Å²) in [5.74, 6) is -0.0160. The standard InChI is InChI=1S/C37H28N2O4/c38-23-32-35(28-16-18-29(19-17-28)41-24-25-10-4-1-5-11-25)31-21-20-30(22-33(31)43-36(32)39)42-37(40)34(26-12-6-2-7-13-26)27-14-8-3-9-15-27/h1-22,34-35H,24,39H2. The summed E-state index contributed by atoms with van der Waals surface area (Å²) in [7, 11) is 0. The summed E-state index contributed by atoms with van der Waals surface area (Å²) in [4.78, 5) is 13.6. The molecule has 0 amide bonds. The molecule has 0 aromatic heterocycles. The number of nitriles is 1. The number of carbonyl (C=O) groups excluding carboxylic acids is 1. The van der Waals surface area contributed by atoms with Crippen LogP contribution in [-0.4, -0.2) is 5.97 Å². The molecular formula is C37H28N2O4. The molecule has 6 rings (SSSR count). The molecule has 0 spiro atoms. The minimum absolute atomic E-state index is 0.0133. The van der Waals surface area contributed by atoms with Gasteiger partial charge in [0, 0.05) is 11.6 Å². The Labute approximate surface area is 250 Å². The summed E-state index contributed by atoms with van der Waals surface area (Å²) >= 11 is 0. The molecule has 1 heterocycles. The highest BCUT2D eigenvalue weighted by molar-refractivity contribution is 5.84. The molecule has 0 bridgehead atoms. The zero-order valence-corrected chi connectivity index (χ0v) is 23.2. The zero-order chi connectivity index (χ0) is 29.6. The maximum atomic E-state index is 13.6. The van der Waals surface area contributed by atoms with E-state index < -0.39 is 17.8 Å². The van der Waals surface area contributed by atoms with Gasteiger partial charge in [0.15, 0.2) is 0 Å². The summed E-state index contributed by atoms with van der Waals surface area (Å²) in [6.45, 7) is 0.452. The Balaban J connectivity index is 1.25. The topological polar surface area (TPSA) is 94.6 Å². The van der Waals surface area contributed by atoms with Crippen molar-refractivity contribution >= 4 is 5.97 Å². The number of nitrogens with zero attached hydrogens (tertiary/aromatic N) is 1. The molecular weight excluding hydrogens is 536 g/mol. The molecule has 1 aliphatic rings. The maximum Gasteiger partial charge on any atom is 0.323 e. The second kappa shape index (κ2) is 12.4. The minimum atomic E-state index is -0.607. The van der Waals surface area contributed by atoms with Crippen LogP contribution in [0.5, 0.6) is 17.2 Å². The number of carbonyl (C=O) groups is 1. The van der Waals surface area contributed by atoms with Crippen molar-refractivity contribution in [2.24, 2.45) is 5.73 Å². The third-order valence-corrected chi connectivity index (χ3v) is 7.37. The van der Waals surface area contributed by atoms with Crippen LogP contribution < -0.4 is 19.9 Å². The monoisotopic (exact) mass is 564 g/mol. The molecule has 2 N–H and O–H groups in total. The Morgan fingerprint density at radius 2 is 1.37 bits per heavy atom. The van der Waals surface area contributed by atoms with Crippen molar-refractivity contribution in [1.82, 2.24) is 0 Å². The first-order valence-electron chi connectivity index (χ1n) is 13.9. The van der Waals surface area contributed by atoms with Gasteiger partial charge in [-0.15, -0.1) is 0 Å². The van der Waals surface area contributed by atoms with Gasteiger partial charge in [-0.2, -0.15) is 5.26 Å². The first kappa shape index (κ1) is 27.4. The van der Waals surface area contributed by atoms with Gasteiger partial charge >= 0.3 is 5.97 Å². The highest BCUT2D eigenvalue weighted by atomic mass is 16.5. The van der Waals surface area contributed by atoms with Gasteiger partial charge < -0.3 is 19.9 Å². The normalized spacial score (nSPS) is 13.9. The van der Waals surface area contributed by atoms with Crippen LogP contribution in [0.4, 0.5) is 0 Å². The van der Waals surface area contributed by atoms with Crippen molar-refractivity contribution < 1.29 is 19.0 Å². The maximum absolute atomic E-state index is 13.6. The molecule has 0 radical (unpaired) electrons. The Morgan fingerprint density at radius 3 is 1.98 bits per heavy atom. The third kappa shape index (κ3) is 5.97. The van der Waals surface area contributed by atoms with E-state index in [1.165, 1.54) is 0 Å². The number of allylic oxidation sites excluding steroid dienone is 1. The molecule has 1 unspecified atom stereocenters. The fourth-order valence-electron chi connectivity index (χ4n) is 5.27. The van der Waals surface area contributed by atoms with Gasteiger partial charge in [0.05, 0.1) is 5.92 Å². The van der Waals surface area contributed by atoms with Crippen molar-refractivity contribution in [2.75, 3.05) is 0 Å². The Hall–Kier alpha value is -5.80. The van der Waals surface area contributed by atoms with E-state index in [0.717, 1.165) is 27.8 Å². The average Bonchev–Trinajstić information content (AvgIpc) is 3.05. The minimum Gasteiger partial charge on any atom is -0.489 e. The van der Waals surface area contributed by atoms with Crippen molar-refractivity contribution in [3.05, 3.63) is 173 Å². The van der Waals surface area contributed by atoms with Crippen LogP contribution >= 0.6 is 0 Å². The molecule has 210 valence electrons. The molecule has 5 aromatic carbocycles. The summed E-state index contributed by atoms with van der Waals surface area (Å²) < 4.78 is 17.7. The number of fused-ring (bicyclic) bond motifs is 1. The quantitative estimate of drug-likeness (QED) is 0.158. The van der Waals surface area contributed by atoms with E-state index in [-0.39, 0.29) is 5.88 Å². The van der Waals surface area contributed by atoms with Crippen molar-refractivity contribution in [3.63, 3.8) is 0 Å². The van der Waals surface area contributed by atoms with Gasteiger partial charge in [-0.25, -0.2) is 0 Å². The molecule has 43 heavy (non-hydrogen) atoms. The lowest BCUT2D eigenvalue weighted by atomic mass is 9.83.